The smallest absolute Gasteiger partial charge is 0.150 e. The van der Waals surface area contributed by atoms with Crippen LogP contribution < -0.4 is 0 Å². The fourth-order valence-electron chi connectivity index (χ4n) is 1.24. The molecule has 1 nitrogen and oxygen atoms in total. The zero-order valence-corrected chi connectivity index (χ0v) is 8.35. The van der Waals surface area contributed by atoms with Crippen LogP contribution in [-0.2, 0) is 0 Å². The Morgan fingerprint density at radius 2 is 2.00 bits per heavy atom. The lowest BCUT2D eigenvalue weighted by atomic mass is 10.1. The van der Waals surface area contributed by atoms with Gasteiger partial charge in [0, 0.05) is 21.4 Å². The van der Waals surface area contributed by atoms with Crippen LogP contribution in [0.4, 0.5) is 8.78 Å². The van der Waals surface area contributed by atoms with Gasteiger partial charge in [-0.2, -0.15) is 0 Å². The van der Waals surface area contributed by atoms with Crippen molar-refractivity contribution in [2.75, 3.05) is 0 Å². The minimum Gasteiger partial charge on any atom is -0.298 e. The highest BCUT2D eigenvalue weighted by Gasteiger charge is 2.08. The van der Waals surface area contributed by atoms with Crippen LogP contribution in [0.3, 0.4) is 0 Å². The molecule has 0 aliphatic carbocycles. The zero-order valence-electron chi connectivity index (χ0n) is 7.54. The number of thiophene rings is 1. The first-order chi connectivity index (χ1) is 7.20. The van der Waals surface area contributed by atoms with Crippen molar-refractivity contribution in [3.63, 3.8) is 0 Å². The zero-order chi connectivity index (χ0) is 10.8. The van der Waals surface area contributed by atoms with E-state index in [4.69, 9.17) is 0 Å². The summed E-state index contributed by atoms with van der Waals surface area (Å²) in [5.41, 5.74) is 0.659. The van der Waals surface area contributed by atoms with Crippen LogP contribution in [0.2, 0.25) is 0 Å². The molecule has 0 unspecified atom stereocenters. The van der Waals surface area contributed by atoms with E-state index >= 15 is 0 Å². The molecule has 2 aromatic rings. The van der Waals surface area contributed by atoms with E-state index in [0.29, 0.717) is 16.7 Å². The van der Waals surface area contributed by atoms with Crippen molar-refractivity contribution in [2.24, 2.45) is 0 Å². The molecule has 0 saturated carbocycles. The number of rotatable bonds is 2. The summed E-state index contributed by atoms with van der Waals surface area (Å²) in [5.74, 6) is -0.983. The molecule has 0 fully saturated rings. The van der Waals surface area contributed by atoms with Gasteiger partial charge in [-0.05, 0) is 24.3 Å². The number of benzene rings is 1. The van der Waals surface area contributed by atoms with Crippen molar-refractivity contribution >= 4 is 17.6 Å². The van der Waals surface area contributed by atoms with Crippen molar-refractivity contribution in [3.8, 4) is 10.4 Å². The summed E-state index contributed by atoms with van der Waals surface area (Å²) < 4.78 is 26.2. The SMILES string of the molecule is O=Cc1csc(-c2cc(F)ccc2F)c1. The van der Waals surface area contributed by atoms with Crippen LogP contribution in [-0.4, -0.2) is 6.29 Å². The maximum Gasteiger partial charge on any atom is 0.150 e. The van der Waals surface area contributed by atoms with Crippen molar-refractivity contribution in [1.29, 1.82) is 0 Å². The molecule has 0 aliphatic heterocycles. The highest BCUT2D eigenvalue weighted by atomic mass is 32.1. The third-order valence-electron chi connectivity index (χ3n) is 1.95. The lowest BCUT2D eigenvalue weighted by Crippen LogP contribution is -1.83. The molecule has 15 heavy (non-hydrogen) atoms. The fraction of sp³-hybridized carbons (Fsp3) is 0. The largest absolute Gasteiger partial charge is 0.298 e. The first-order valence-corrected chi connectivity index (χ1v) is 5.08. The van der Waals surface area contributed by atoms with Crippen molar-refractivity contribution < 1.29 is 13.6 Å². The fourth-order valence-corrected chi connectivity index (χ4v) is 2.11. The van der Waals surface area contributed by atoms with E-state index in [1.165, 1.54) is 17.4 Å². The summed E-state index contributed by atoms with van der Waals surface area (Å²) >= 11 is 1.21. The van der Waals surface area contributed by atoms with Gasteiger partial charge in [0.1, 0.15) is 11.6 Å². The van der Waals surface area contributed by atoms with E-state index in [9.17, 15) is 13.6 Å². The number of halogens is 2. The molecule has 0 saturated heterocycles. The second-order valence-corrected chi connectivity index (χ2v) is 3.90. The van der Waals surface area contributed by atoms with Gasteiger partial charge in [-0.15, -0.1) is 11.3 Å². The van der Waals surface area contributed by atoms with Gasteiger partial charge in [0.2, 0.25) is 0 Å². The molecule has 1 aromatic heterocycles. The second-order valence-electron chi connectivity index (χ2n) is 2.99. The van der Waals surface area contributed by atoms with Gasteiger partial charge in [0.25, 0.3) is 0 Å². The molecule has 0 aliphatic rings. The Balaban J connectivity index is 2.52. The summed E-state index contributed by atoms with van der Waals surface area (Å²) in [5, 5.41) is 1.60. The molecule has 76 valence electrons. The maximum absolute atomic E-state index is 13.3. The summed E-state index contributed by atoms with van der Waals surface area (Å²) in [4.78, 5) is 11.0. The standard InChI is InChI=1S/C11H6F2OS/c12-8-1-2-10(13)9(4-8)11-3-7(5-14)6-15-11/h1-6H. The molecule has 0 spiro atoms. The van der Waals surface area contributed by atoms with E-state index in [1.807, 2.05) is 0 Å². The van der Waals surface area contributed by atoms with Crippen molar-refractivity contribution in [2.45, 2.75) is 0 Å². The van der Waals surface area contributed by atoms with E-state index in [0.717, 1.165) is 18.2 Å². The lowest BCUT2D eigenvalue weighted by molar-refractivity contribution is 0.112. The van der Waals surface area contributed by atoms with Gasteiger partial charge in [0.05, 0.1) is 0 Å². The summed E-state index contributed by atoms with van der Waals surface area (Å²) in [7, 11) is 0. The molecular weight excluding hydrogens is 218 g/mol. The minimum atomic E-state index is -0.493. The van der Waals surface area contributed by atoms with Gasteiger partial charge in [-0.1, -0.05) is 0 Å². The monoisotopic (exact) mass is 224 g/mol. The van der Waals surface area contributed by atoms with Gasteiger partial charge in [0.15, 0.2) is 6.29 Å². The first-order valence-electron chi connectivity index (χ1n) is 4.20. The molecular formula is C11H6F2OS. The predicted octanol–water partition coefficient (Wildman–Crippen LogP) is 3.51. The summed E-state index contributed by atoms with van der Waals surface area (Å²) in [6, 6.07) is 4.79. The first kappa shape index (κ1) is 9.98. The third kappa shape index (κ3) is 1.94. The Morgan fingerprint density at radius 3 is 2.67 bits per heavy atom. The van der Waals surface area contributed by atoms with Gasteiger partial charge >= 0.3 is 0 Å². The Kier molecular flexibility index (Phi) is 2.60. The molecule has 2 rings (SSSR count). The van der Waals surface area contributed by atoms with Crippen molar-refractivity contribution in [3.05, 3.63) is 46.8 Å². The normalized spacial score (nSPS) is 10.3. The molecule has 0 atom stereocenters. The lowest BCUT2D eigenvalue weighted by Gasteiger charge is -1.99. The highest BCUT2D eigenvalue weighted by Crippen LogP contribution is 2.29. The predicted molar refractivity (Wildman–Crippen MR) is 55.1 cm³/mol. The third-order valence-corrected chi connectivity index (χ3v) is 2.93. The molecule has 0 N–H and O–H groups in total. The van der Waals surface area contributed by atoms with E-state index in [1.54, 1.807) is 5.38 Å². The number of aldehydes is 1. The molecule has 4 heteroatoms. The molecule has 0 bridgehead atoms. The summed E-state index contributed by atoms with van der Waals surface area (Å²) in [6.45, 7) is 0. The van der Waals surface area contributed by atoms with Crippen molar-refractivity contribution in [1.82, 2.24) is 0 Å². The van der Waals surface area contributed by atoms with E-state index in [-0.39, 0.29) is 5.56 Å². The van der Waals surface area contributed by atoms with Crippen LogP contribution in [0.25, 0.3) is 10.4 Å². The number of hydrogen-bond donors (Lipinski definition) is 0. The number of carbonyl (C=O) groups is 1. The highest BCUT2D eigenvalue weighted by molar-refractivity contribution is 7.13. The second kappa shape index (κ2) is 3.90. The van der Waals surface area contributed by atoms with Crippen LogP contribution in [0, 0.1) is 11.6 Å². The van der Waals surface area contributed by atoms with Crippen LogP contribution in [0.5, 0.6) is 0 Å². The Hall–Kier alpha value is -1.55. The minimum absolute atomic E-state index is 0.188. The van der Waals surface area contributed by atoms with Crippen LogP contribution in [0.1, 0.15) is 10.4 Å². The summed E-state index contributed by atoms with van der Waals surface area (Å²) in [6.07, 6.45) is 0.678. The molecule has 0 radical (unpaired) electrons. The Labute approximate surface area is 89.0 Å². The maximum atomic E-state index is 13.3. The Morgan fingerprint density at radius 1 is 1.20 bits per heavy atom. The average Bonchev–Trinajstić information content (AvgIpc) is 2.70. The topological polar surface area (TPSA) is 17.1 Å². The van der Waals surface area contributed by atoms with E-state index < -0.39 is 11.6 Å². The van der Waals surface area contributed by atoms with Gasteiger partial charge in [-0.3, -0.25) is 4.79 Å². The quantitative estimate of drug-likeness (QED) is 0.713. The molecule has 1 heterocycles. The Bertz CT molecular complexity index is 505. The van der Waals surface area contributed by atoms with Gasteiger partial charge in [-0.25, -0.2) is 8.78 Å². The number of carbonyl (C=O) groups excluding carboxylic acids is 1. The number of hydrogen-bond acceptors (Lipinski definition) is 2. The molecule has 1 aromatic carbocycles. The van der Waals surface area contributed by atoms with Crippen LogP contribution >= 0.6 is 11.3 Å². The van der Waals surface area contributed by atoms with Crippen LogP contribution in [0.15, 0.2) is 29.6 Å². The van der Waals surface area contributed by atoms with Gasteiger partial charge < -0.3 is 0 Å². The van der Waals surface area contributed by atoms with E-state index in [2.05, 4.69) is 0 Å². The molecule has 0 amide bonds. The average molecular weight is 224 g/mol.